The lowest BCUT2D eigenvalue weighted by molar-refractivity contribution is -0.213. The molecule has 0 spiro atoms. The van der Waals surface area contributed by atoms with Crippen LogP contribution in [0.25, 0.3) is 0 Å². The van der Waals surface area contributed by atoms with E-state index in [2.05, 4.69) is 0 Å². The highest BCUT2D eigenvalue weighted by Crippen LogP contribution is 2.21. The van der Waals surface area contributed by atoms with Crippen LogP contribution in [0.4, 0.5) is 0 Å². The Balaban J connectivity index is 4.68. The number of rotatable bonds is 8. The molecule has 0 unspecified atom stereocenters. The number of ether oxygens (including phenoxy) is 2. The third kappa shape index (κ3) is 9.92. The molecule has 0 saturated carbocycles. The maximum atomic E-state index is 11.8. The van der Waals surface area contributed by atoms with Crippen molar-refractivity contribution in [3.05, 3.63) is 0 Å². The molecule has 0 saturated heterocycles. The van der Waals surface area contributed by atoms with E-state index >= 15 is 0 Å². The standard InChI is InChI=1S/C15H28O5/c1-7-11(10-16)8-12(19-15(5,6)18)9-13(17)20-14(2,3)4/h10-12,18H,7-9H2,1-6H3/t11-,12+/m0/s1. The van der Waals surface area contributed by atoms with Crippen LogP contribution in [0.15, 0.2) is 0 Å². The minimum Gasteiger partial charge on any atom is -0.460 e. The number of aldehydes is 1. The highest BCUT2D eigenvalue weighted by Gasteiger charge is 2.27. The first-order valence-corrected chi connectivity index (χ1v) is 7.04. The zero-order valence-electron chi connectivity index (χ0n) is 13.4. The van der Waals surface area contributed by atoms with Crippen molar-refractivity contribution >= 4 is 12.3 Å². The first kappa shape index (κ1) is 19.1. The SMILES string of the molecule is CC[C@H](C=O)C[C@H](CC(=O)OC(C)(C)C)OC(C)(C)O. The van der Waals surface area contributed by atoms with Gasteiger partial charge in [-0.05, 0) is 47.5 Å². The molecule has 1 N–H and O–H groups in total. The summed E-state index contributed by atoms with van der Waals surface area (Å²) in [6, 6.07) is 0. The van der Waals surface area contributed by atoms with Gasteiger partial charge in [0.05, 0.1) is 12.5 Å². The third-order valence-corrected chi connectivity index (χ3v) is 2.55. The van der Waals surface area contributed by atoms with Gasteiger partial charge in [0.15, 0.2) is 5.79 Å². The Morgan fingerprint density at radius 2 is 1.80 bits per heavy atom. The summed E-state index contributed by atoms with van der Waals surface area (Å²) in [4.78, 5) is 22.8. The first-order valence-electron chi connectivity index (χ1n) is 7.04. The topological polar surface area (TPSA) is 72.8 Å². The van der Waals surface area contributed by atoms with Crippen molar-refractivity contribution in [2.45, 2.75) is 78.3 Å². The van der Waals surface area contributed by atoms with Crippen molar-refractivity contribution in [3.8, 4) is 0 Å². The Labute approximate surface area is 121 Å². The number of hydrogen-bond acceptors (Lipinski definition) is 5. The van der Waals surface area contributed by atoms with Gasteiger partial charge in [0.2, 0.25) is 0 Å². The monoisotopic (exact) mass is 288 g/mol. The van der Waals surface area contributed by atoms with E-state index in [1.54, 1.807) is 20.8 Å². The van der Waals surface area contributed by atoms with Gasteiger partial charge in [0, 0.05) is 5.92 Å². The van der Waals surface area contributed by atoms with Crippen LogP contribution in [-0.2, 0) is 19.1 Å². The maximum Gasteiger partial charge on any atom is 0.308 e. The maximum absolute atomic E-state index is 11.8. The summed E-state index contributed by atoms with van der Waals surface area (Å²) < 4.78 is 10.7. The predicted octanol–water partition coefficient (Wildman–Crippen LogP) is 2.45. The molecule has 0 aromatic heterocycles. The van der Waals surface area contributed by atoms with Crippen LogP contribution in [0.2, 0.25) is 0 Å². The van der Waals surface area contributed by atoms with Gasteiger partial charge in [-0.3, -0.25) is 4.79 Å². The molecule has 0 aromatic carbocycles. The fourth-order valence-electron chi connectivity index (χ4n) is 1.81. The highest BCUT2D eigenvalue weighted by molar-refractivity contribution is 5.70. The third-order valence-electron chi connectivity index (χ3n) is 2.55. The van der Waals surface area contributed by atoms with Crippen molar-refractivity contribution in [1.82, 2.24) is 0 Å². The highest BCUT2D eigenvalue weighted by atomic mass is 16.6. The summed E-state index contributed by atoms with van der Waals surface area (Å²) >= 11 is 0. The summed E-state index contributed by atoms with van der Waals surface area (Å²) in [7, 11) is 0. The quantitative estimate of drug-likeness (QED) is 0.422. The molecule has 0 bridgehead atoms. The number of hydrogen-bond donors (Lipinski definition) is 1. The van der Waals surface area contributed by atoms with Gasteiger partial charge < -0.3 is 19.4 Å². The molecule has 5 nitrogen and oxygen atoms in total. The van der Waals surface area contributed by atoms with E-state index in [1.165, 1.54) is 13.8 Å². The zero-order chi connectivity index (χ0) is 16.0. The van der Waals surface area contributed by atoms with Gasteiger partial charge >= 0.3 is 5.97 Å². The summed E-state index contributed by atoms with van der Waals surface area (Å²) in [5, 5.41) is 9.73. The molecular weight excluding hydrogens is 260 g/mol. The van der Waals surface area contributed by atoms with E-state index < -0.39 is 23.5 Å². The number of aliphatic hydroxyl groups is 1. The molecule has 0 aliphatic carbocycles. The smallest absolute Gasteiger partial charge is 0.308 e. The normalized spacial score (nSPS) is 15.6. The van der Waals surface area contributed by atoms with Gasteiger partial charge in [0.25, 0.3) is 0 Å². The van der Waals surface area contributed by atoms with Gasteiger partial charge in [-0.15, -0.1) is 0 Å². The van der Waals surface area contributed by atoms with E-state index in [4.69, 9.17) is 9.47 Å². The number of carbonyl (C=O) groups excluding carboxylic acids is 2. The van der Waals surface area contributed by atoms with Gasteiger partial charge in [-0.25, -0.2) is 0 Å². The zero-order valence-corrected chi connectivity index (χ0v) is 13.4. The van der Waals surface area contributed by atoms with E-state index in [0.717, 1.165) is 6.29 Å². The van der Waals surface area contributed by atoms with Gasteiger partial charge in [0.1, 0.15) is 11.9 Å². The molecule has 0 fully saturated rings. The summed E-state index contributed by atoms with van der Waals surface area (Å²) in [6.45, 7) is 10.3. The predicted molar refractivity (Wildman–Crippen MR) is 76.1 cm³/mol. The summed E-state index contributed by atoms with van der Waals surface area (Å²) in [5.41, 5.74) is -0.564. The van der Waals surface area contributed by atoms with Crippen molar-refractivity contribution in [2.75, 3.05) is 0 Å². The van der Waals surface area contributed by atoms with Crippen molar-refractivity contribution in [1.29, 1.82) is 0 Å². The lowest BCUT2D eigenvalue weighted by Crippen LogP contribution is -2.35. The van der Waals surface area contributed by atoms with Crippen LogP contribution in [0, 0.1) is 5.92 Å². The molecule has 0 aromatic rings. The van der Waals surface area contributed by atoms with E-state index in [-0.39, 0.29) is 12.3 Å². The average Bonchev–Trinajstić information content (AvgIpc) is 2.20. The van der Waals surface area contributed by atoms with Crippen LogP contribution in [0.5, 0.6) is 0 Å². The average molecular weight is 288 g/mol. The second kappa shape index (κ2) is 7.74. The fourth-order valence-corrected chi connectivity index (χ4v) is 1.81. The van der Waals surface area contributed by atoms with Crippen LogP contribution >= 0.6 is 0 Å². The summed E-state index contributed by atoms with van der Waals surface area (Å²) in [6.07, 6.45) is 1.40. The number of esters is 1. The molecule has 0 aliphatic heterocycles. The molecular formula is C15H28O5. The van der Waals surface area contributed by atoms with Crippen molar-refractivity contribution in [2.24, 2.45) is 5.92 Å². The molecule has 0 amide bonds. The largest absolute Gasteiger partial charge is 0.460 e. The Bertz CT molecular complexity index is 311. The lowest BCUT2D eigenvalue weighted by Gasteiger charge is -2.28. The Morgan fingerprint density at radius 1 is 1.25 bits per heavy atom. The molecule has 5 heteroatoms. The second-order valence-electron chi connectivity index (χ2n) is 6.52. The molecule has 20 heavy (non-hydrogen) atoms. The van der Waals surface area contributed by atoms with Crippen molar-refractivity contribution in [3.63, 3.8) is 0 Å². The molecule has 0 heterocycles. The van der Waals surface area contributed by atoms with E-state index in [1.807, 2.05) is 6.92 Å². The second-order valence-corrected chi connectivity index (χ2v) is 6.52. The molecule has 0 aliphatic rings. The lowest BCUT2D eigenvalue weighted by atomic mass is 9.98. The minimum absolute atomic E-state index is 0.0194. The van der Waals surface area contributed by atoms with Crippen LogP contribution in [0.1, 0.15) is 60.8 Å². The van der Waals surface area contributed by atoms with Gasteiger partial charge in [-0.2, -0.15) is 0 Å². The number of carbonyl (C=O) groups is 2. The molecule has 0 radical (unpaired) electrons. The molecule has 118 valence electrons. The molecule has 0 rings (SSSR count). The van der Waals surface area contributed by atoms with Crippen LogP contribution in [-0.4, -0.2) is 34.9 Å². The summed E-state index contributed by atoms with van der Waals surface area (Å²) in [5.74, 6) is -1.94. The van der Waals surface area contributed by atoms with E-state index in [0.29, 0.717) is 12.8 Å². The Morgan fingerprint density at radius 3 is 2.15 bits per heavy atom. The van der Waals surface area contributed by atoms with Crippen LogP contribution < -0.4 is 0 Å². The van der Waals surface area contributed by atoms with Crippen molar-refractivity contribution < 1.29 is 24.2 Å². The first-order chi connectivity index (χ1) is 8.96. The minimum atomic E-state index is -1.35. The van der Waals surface area contributed by atoms with Crippen LogP contribution in [0.3, 0.4) is 0 Å². The van der Waals surface area contributed by atoms with Gasteiger partial charge in [-0.1, -0.05) is 6.92 Å². The molecule has 2 atom stereocenters. The van der Waals surface area contributed by atoms with E-state index in [9.17, 15) is 14.7 Å². The Kier molecular flexibility index (Phi) is 7.38. The fraction of sp³-hybridized carbons (Fsp3) is 0.867. The Hall–Kier alpha value is -0.940.